The van der Waals surface area contributed by atoms with Crippen molar-refractivity contribution >= 4 is 17.6 Å². The van der Waals surface area contributed by atoms with Crippen LogP contribution in [0.5, 0.6) is 0 Å². The molecule has 0 spiro atoms. The molecule has 0 saturated carbocycles. The smallest absolute Gasteiger partial charge is 0.327 e. The molecule has 0 bridgehead atoms. The minimum atomic E-state index is -1.000. The molecule has 0 aliphatic rings. The molecule has 1 N–H and O–H groups in total. The SMILES string of the molecule is O=C(O)Cn1nnc(Cc2ccc(Cl)cc2)n1. The molecular weight excluding hydrogens is 244 g/mol. The van der Waals surface area contributed by atoms with Crippen LogP contribution in [0.1, 0.15) is 11.4 Å². The molecule has 1 aromatic heterocycles. The highest BCUT2D eigenvalue weighted by Gasteiger charge is 2.06. The van der Waals surface area contributed by atoms with Gasteiger partial charge in [0.15, 0.2) is 12.4 Å². The first-order valence-electron chi connectivity index (χ1n) is 4.86. The molecule has 6 nitrogen and oxygen atoms in total. The molecule has 0 fully saturated rings. The van der Waals surface area contributed by atoms with Gasteiger partial charge in [-0.05, 0) is 22.9 Å². The van der Waals surface area contributed by atoms with E-state index in [4.69, 9.17) is 16.7 Å². The molecule has 0 radical (unpaired) electrons. The second-order valence-electron chi connectivity index (χ2n) is 3.43. The van der Waals surface area contributed by atoms with Crippen molar-refractivity contribution in [3.63, 3.8) is 0 Å². The average Bonchev–Trinajstić information content (AvgIpc) is 2.68. The topological polar surface area (TPSA) is 80.9 Å². The van der Waals surface area contributed by atoms with Gasteiger partial charge in [0.05, 0.1) is 0 Å². The number of carboxylic acids is 1. The number of hydrogen-bond donors (Lipinski definition) is 1. The standard InChI is InChI=1S/C10H9ClN4O2/c11-8-3-1-7(2-4-8)5-9-12-14-15(13-9)6-10(16)17/h1-4H,5-6H2,(H,16,17). The molecule has 0 aliphatic heterocycles. The largest absolute Gasteiger partial charge is 0.480 e. The van der Waals surface area contributed by atoms with Crippen molar-refractivity contribution in [2.24, 2.45) is 0 Å². The zero-order valence-corrected chi connectivity index (χ0v) is 9.50. The van der Waals surface area contributed by atoms with Crippen LogP contribution >= 0.6 is 11.6 Å². The lowest BCUT2D eigenvalue weighted by atomic mass is 10.1. The minimum absolute atomic E-state index is 0.284. The third-order valence-electron chi connectivity index (χ3n) is 2.05. The first kappa shape index (κ1) is 11.5. The molecule has 1 heterocycles. The molecule has 7 heteroatoms. The lowest BCUT2D eigenvalue weighted by molar-refractivity contribution is -0.138. The molecule has 2 rings (SSSR count). The van der Waals surface area contributed by atoms with Crippen molar-refractivity contribution in [3.8, 4) is 0 Å². The highest BCUT2D eigenvalue weighted by Crippen LogP contribution is 2.11. The zero-order chi connectivity index (χ0) is 12.3. The highest BCUT2D eigenvalue weighted by molar-refractivity contribution is 6.30. The quantitative estimate of drug-likeness (QED) is 0.878. The summed E-state index contributed by atoms with van der Waals surface area (Å²) in [6, 6.07) is 7.28. The fourth-order valence-corrected chi connectivity index (χ4v) is 1.45. The summed E-state index contributed by atoms with van der Waals surface area (Å²) < 4.78 is 0. The van der Waals surface area contributed by atoms with Crippen molar-refractivity contribution in [2.45, 2.75) is 13.0 Å². The van der Waals surface area contributed by atoms with Gasteiger partial charge in [-0.3, -0.25) is 4.79 Å². The Hall–Kier alpha value is -1.95. The summed E-state index contributed by atoms with van der Waals surface area (Å²) in [6.07, 6.45) is 0.497. The minimum Gasteiger partial charge on any atom is -0.480 e. The maximum absolute atomic E-state index is 10.4. The third-order valence-corrected chi connectivity index (χ3v) is 2.30. The van der Waals surface area contributed by atoms with Crippen LogP contribution in [0.2, 0.25) is 5.02 Å². The second kappa shape index (κ2) is 4.92. The molecule has 0 saturated heterocycles. The number of carbonyl (C=O) groups is 1. The molecule has 0 aliphatic carbocycles. The maximum atomic E-state index is 10.4. The van der Waals surface area contributed by atoms with E-state index in [0.717, 1.165) is 10.4 Å². The van der Waals surface area contributed by atoms with Gasteiger partial charge >= 0.3 is 5.97 Å². The van der Waals surface area contributed by atoms with Crippen molar-refractivity contribution in [2.75, 3.05) is 0 Å². The molecule has 0 unspecified atom stereocenters. The van der Waals surface area contributed by atoms with Crippen LogP contribution in [0.4, 0.5) is 0 Å². The number of aliphatic carboxylic acids is 1. The predicted octanol–water partition coefficient (Wildman–Crippen LogP) is 1.00. The maximum Gasteiger partial charge on any atom is 0.327 e. The van der Waals surface area contributed by atoms with Gasteiger partial charge in [-0.15, -0.1) is 10.2 Å². The lowest BCUT2D eigenvalue weighted by Gasteiger charge is -1.96. The molecule has 1 aromatic carbocycles. The van der Waals surface area contributed by atoms with Crippen LogP contribution in [-0.4, -0.2) is 31.3 Å². The number of halogens is 1. The Bertz CT molecular complexity index is 523. The van der Waals surface area contributed by atoms with Gasteiger partial charge in [0.2, 0.25) is 0 Å². The Balaban J connectivity index is 2.06. The number of aromatic nitrogens is 4. The van der Waals surface area contributed by atoms with Gasteiger partial charge in [0.1, 0.15) is 0 Å². The summed E-state index contributed by atoms with van der Waals surface area (Å²) in [4.78, 5) is 11.5. The summed E-state index contributed by atoms with van der Waals surface area (Å²) in [5.41, 5.74) is 0.990. The number of hydrogen-bond acceptors (Lipinski definition) is 4. The van der Waals surface area contributed by atoms with E-state index in [0.29, 0.717) is 17.3 Å². The van der Waals surface area contributed by atoms with E-state index in [9.17, 15) is 4.79 Å². The fraction of sp³-hybridized carbons (Fsp3) is 0.200. The third kappa shape index (κ3) is 3.25. The van der Waals surface area contributed by atoms with Gasteiger partial charge in [-0.1, -0.05) is 23.7 Å². The number of carboxylic acid groups (broad SMARTS) is 1. The fourth-order valence-electron chi connectivity index (χ4n) is 1.32. The number of tetrazole rings is 1. The van der Waals surface area contributed by atoms with E-state index in [1.54, 1.807) is 12.1 Å². The van der Waals surface area contributed by atoms with Crippen molar-refractivity contribution < 1.29 is 9.90 Å². The first-order chi connectivity index (χ1) is 8.13. The molecule has 88 valence electrons. The van der Waals surface area contributed by atoms with E-state index in [2.05, 4.69) is 15.4 Å². The van der Waals surface area contributed by atoms with Gasteiger partial charge in [-0.25, -0.2) is 0 Å². The molecule has 17 heavy (non-hydrogen) atoms. The van der Waals surface area contributed by atoms with Crippen LogP contribution in [0.3, 0.4) is 0 Å². The Morgan fingerprint density at radius 3 is 2.71 bits per heavy atom. The highest BCUT2D eigenvalue weighted by atomic mass is 35.5. The molecular formula is C10H9ClN4O2. The predicted molar refractivity (Wildman–Crippen MR) is 59.7 cm³/mol. The summed E-state index contributed by atoms with van der Waals surface area (Å²) in [6.45, 7) is -0.284. The number of benzene rings is 1. The summed E-state index contributed by atoms with van der Waals surface area (Å²) in [5, 5.41) is 20.6. The zero-order valence-electron chi connectivity index (χ0n) is 8.75. The number of rotatable bonds is 4. The average molecular weight is 253 g/mol. The van der Waals surface area contributed by atoms with Crippen LogP contribution in [0, 0.1) is 0 Å². The van der Waals surface area contributed by atoms with Crippen LogP contribution in [0.15, 0.2) is 24.3 Å². The lowest BCUT2D eigenvalue weighted by Crippen LogP contribution is -2.11. The van der Waals surface area contributed by atoms with Crippen LogP contribution in [-0.2, 0) is 17.8 Å². The van der Waals surface area contributed by atoms with Crippen molar-refractivity contribution in [1.82, 2.24) is 20.2 Å². The molecule has 0 atom stereocenters. The van der Waals surface area contributed by atoms with Gasteiger partial charge in [0.25, 0.3) is 0 Å². The van der Waals surface area contributed by atoms with Crippen LogP contribution in [0.25, 0.3) is 0 Å². The molecule has 0 amide bonds. The van der Waals surface area contributed by atoms with Gasteiger partial charge in [0, 0.05) is 11.4 Å². The number of nitrogens with zero attached hydrogens (tertiary/aromatic N) is 4. The van der Waals surface area contributed by atoms with Crippen LogP contribution < -0.4 is 0 Å². The van der Waals surface area contributed by atoms with Crippen molar-refractivity contribution in [1.29, 1.82) is 0 Å². The summed E-state index contributed by atoms with van der Waals surface area (Å²) in [7, 11) is 0. The van der Waals surface area contributed by atoms with E-state index < -0.39 is 5.97 Å². The normalized spacial score (nSPS) is 10.4. The van der Waals surface area contributed by atoms with Gasteiger partial charge in [-0.2, -0.15) is 4.80 Å². The van der Waals surface area contributed by atoms with E-state index >= 15 is 0 Å². The Morgan fingerprint density at radius 1 is 1.35 bits per heavy atom. The van der Waals surface area contributed by atoms with Crippen molar-refractivity contribution in [3.05, 3.63) is 40.7 Å². The monoisotopic (exact) mass is 252 g/mol. The Labute approximate surface area is 102 Å². The summed E-state index contributed by atoms with van der Waals surface area (Å²) in [5.74, 6) is -0.519. The first-order valence-corrected chi connectivity index (χ1v) is 5.24. The summed E-state index contributed by atoms with van der Waals surface area (Å²) >= 11 is 5.76. The van der Waals surface area contributed by atoms with Gasteiger partial charge < -0.3 is 5.11 Å². The second-order valence-corrected chi connectivity index (χ2v) is 3.87. The van der Waals surface area contributed by atoms with E-state index in [1.807, 2.05) is 12.1 Å². The Kier molecular flexibility index (Phi) is 3.34. The van der Waals surface area contributed by atoms with E-state index in [-0.39, 0.29) is 6.54 Å². The van der Waals surface area contributed by atoms with E-state index in [1.165, 1.54) is 0 Å². The Morgan fingerprint density at radius 2 is 2.06 bits per heavy atom. The molecule has 2 aromatic rings.